The molecule has 0 unspecified atom stereocenters. The fourth-order valence-electron chi connectivity index (χ4n) is 1.52. The van der Waals surface area contributed by atoms with E-state index in [1.807, 2.05) is 0 Å². The van der Waals surface area contributed by atoms with Gasteiger partial charge in [-0.05, 0) is 19.3 Å². The van der Waals surface area contributed by atoms with Crippen LogP contribution in [0.25, 0.3) is 0 Å². The molecule has 2 nitrogen and oxygen atoms in total. The number of carbonyl (C=O) groups excluding carboxylic acids is 1. The topological polar surface area (TPSA) is 26.3 Å². The molecule has 0 aliphatic heterocycles. The summed E-state index contributed by atoms with van der Waals surface area (Å²) in [7, 11) is 0. The molecule has 0 aliphatic rings. The summed E-state index contributed by atoms with van der Waals surface area (Å²) in [6, 6.07) is 0. The second-order valence-corrected chi connectivity index (χ2v) is 4.17. The minimum absolute atomic E-state index is 0.0954. The molecule has 0 fully saturated rings. The highest BCUT2D eigenvalue weighted by molar-refractivity contribution is 5.69. The second kappa shape index (κ2) is 12.5. The predicted molar refractivity (Wildman–Crippen MR) is 67.6 cm³/mol. The molecule has 2 heteroatoms. The summed E-state index contributed by atoms with van der Waals surface area (Å²) in [5.41, 5.74) is 0. The summed E-state index contributed by atoms with van der Waals surface area (Å²) < 4.78 is 4.92. The molecule has 0 heterocycles. The molecule has 0 atom stereocenters. The van der Waals surface area contributed by atoms with Crippen LogP contribution in [-0.4, -0.2) is 5.97 Å². The van der Waals surface area contributed by atoms with E-state index in [1.54, 1.807) is 6.61 Å². The van der Waals surface area contributed by atoms with Gasteiger partial charge in [0.2, 0.25) is 0 Å². The molecule has 0 N–H and O–H groups in total. The first kappa shape index (κ1) is 15.5. The number of ether oxygens (including phenoxy) is 1. The van der Waals surface area contributed by atoms with Crippen LogP contribution in [0.4, 0.5) is 0 Å². The fraction of sp³-hybridized carbons (Fsp3) is 0.786. The van der Waals surface area contributed by atoms with E-state index in [2.05, 4.69) is 13.8 Å². The van der Waals surface area contributed by atoms with Crippen molar-refractivity contribution in [1.82, 2.24) is 0 Å². The number of hydrogen-bond donors (Lipinski definition) is 0. The average molecular weight is 226 g/mol. The first-order valence-corrected chi connectivity index (χ1v) is 6.61. The lowest BCUT2D eigenvalue weighted by molar-refractivity contribution is -0.140. The summed E-state index contributed by atoms with van der Waals surface area (Å²) in [5.74, 6) is -0.0954. The summed E-state index contributed by atoms with van der Waals surface area (Å²) >= 11 is 0. The van der Waals surface area contributed by atoms with Crippen molar-refractivity contribution in [2.45, 2.75) is 71.1 Å². The first-order valence-electron chi connectivity index (χ1n) is 6.61. The van der Waals surface area contributed by atoms with E-state index < -0.39 is 0 Å². The molecule has 0 aromatic carbocycles. The molecule has 2 radical (unpaired) electrons. The van der Waals surface area contributed by atoms with Gasteiger partial charge in [0.1, 0.15) is 6.61 Å². The number of esters is 1. The van der Waals surface area contributed by atoms with Crippen molar-refractivity contribution < 1.29 is 9.53 Å². The Labute approximate surface area is 101 Å². The zero-order chi connectivity index (χ0) is 12.1. The third-order valence-corrected chi connectivity index (χ3v) is 2.52. The van der Waals surface area contributed by atoms with Crippen molar-refractivity contribution in [2.24, 2.45) is 0 Å². The summed E-state index contributed by atoms with van der Waals surface area (Å²) in [6.45, 7) is 7.46. The zero-order valence-electron chi connectivity index (χ0n) is 10.7. The molecule has 0 saturated carbocycles. The smallest absolute Gasteiger partial charge is 0.306 e. The van der Waals surface area contributed by atoms with Crippen molar-refractivity contribution >= 4 is 5.97 Å². The van der Waals surface area contributed by atoms with Gasteiger partial charge in [-0.15, -0.1) is 0 Å². The monoisotopic (exact) mass is 226 g/mol. The quantitative estimate of drug-likeness (QED) is 0.384. The van der Waals surface area contributed by atoms with Gasteiger partial charge in [-0.25, -0.2) is 0 Å². The van der Waals surface area contributed by atoms with Gasteiger partial charge in [0.05, 0.1) is 0 Å². The Morgan fingerprint density at radius 1 is 1.12 bits per heavy atom. The fourth-order valence-corrected chi connectivity index (χ4v) is 1.52. The first-order chi connectivity index (χ1) is 7.81. The Balaban J connectivity index is 3.09. The Morgan fingerprint density at radius 3 is 2.38 bits per heavy atom. The Morgan fingerprint density at radius 2 is 1.75 bits per heavy atom. The van der Waals surface area contributed by atoms with E-state index in [-0.39, 0.29) is 5.97 Å². The van der Waals surface area contributed by atoms with E-state index in [0.717, 1.165) is 25.7 Å². The third kappa shape index (κ3) is 11.5. The summed E-state index contributed by atoms with van der Waals surface area (Å²) in [6.07, 6.45) is 10.7. The SMILES string of the molecule is [CH2]CC[CH]OC(=O)CCCCCCCCC. The Kier molecular flexibility index (Phi) is 12.1. The van der Waals surface area contributed by atoms with Gasteiger partial charge < -0.3 is 4.74 Å². The predicted octanol–water partition coefficient (Wildman–Crippen LogP) is 4.45. The number of carbonyl (C=O) groups is 1. The van der Waals surface area contributed by atoms with E-state index >= 15 is 0 Å². The molecular formula is C14H26O2. The van der Waals surface area contributed by atoms with Crippen molar-refractivity contribution in [3.05, 3.63) is 13.5 Å². The van der Waals surface area contributed by atoms with Crippen LogP contribution in [0.5, 0.6) is 0 Å². The molecule has 0 aliphatic carbocycles. The molecule has 0 spiro atoms. The standard InChI is InChI=1S/C14H26O2/c1-3-5-7-8-9-10-11-12-14(15)16-13-6-4-2/h13H,2-12H2,1H3. The van der Waals surface area contributed by atoms with Gasteiger partial charge >= 0.3 is 5.97 Å². The molecule has 0 amide bonds. The Bertz CT molecular complexity index is 155. The highest BCUT2D eigenvalue weighted by atomic mass is 16.5. The van der Waals surface area contributed by atoms with Crippen LogP contribution >= 0.6 is 0 Å². The van der Waals surface area contributed by atoms with Crippen LogP contribution in [-0.2, 0) is 9.53 Å². The molecule has 0 aromatic rings. The lowest BCUT2D eigenvalue weighted by atomic mass is 10.1. The maximum absolute atomic E-state index is 11.2. The van der Waals surface area contributed by atoms with Crippen LogP contribution < -0.4 is 0 Å². The van der Waals surface area contributed by atoms with Gasteiger partial charge in [0.25, 0.3) is 0 Å². The van der Waals surface area contributed by atoms with Crippen LogP contribution in [0.15, 0.2) is 0 Å². The van der Waals surface area contributed by atoms with Gasteiger partial charge in [-0.1, -0.05) is 52.4 Å². The van der Waals surface area contributed by atoms with Crippen LogP contribution in [0.1, 0.15) is 71.1 Å². The maximum atomic E-state index is 11.2. The number of rotatable bonds is 11. The largest absolute Gasteiger partial charge is 0.458 e. The van der Waals surface area contributed by atoms with Gasteiger partial charge in [-0.2, -0.15) is 0 Å². The van der Waals surface area contributed by atoms with Crippen molar-refractivity contribution in [2.75, 3.05) is 0 Å². The summed E-state index contributed by atoms with van der Waals surface area (Å²) in [5, 5.41) is 0. The van der Waals surface area contributed by atoms with E-state index in [0.29, 0.717) is 6.42 Å². The zero-order valence-corrected chi connectivity index (χ0v) is 10.7. The highest BCUT2D eigenvalue weighted by Crippen LogP contribution is 2.09. The lowest BCUT2D eigenvalue weighted by Crippen LogP contribution is -2.01. The number of unbranched alkanes of at least 4 members (excludes halogenated alkanes) is 7. The highest BCUT2D eigenvalue weighted by Gasteiger charge is 2.01. The molecule has 16 heavy (non-hydrogen) atoms. The summed E-state index contributed by atoms with van der Waals surface area (Å²) in [4.78, 5) is 11.2. The van der Waals surface area contributed by atoms with Crippen LogP contribution in [0.3, 0.4) is 0 Å². The third-order valence-electron chi connectivity index (χ3n) is 2.52. The van der Waals surface area contributed by atoms with E-state index in [9.17, 15) is 4.79 Å². The van der Waals surface area contributed by atoms with Crippen molar-refractivity contribution in [3.63, 3.8) is 0 Å². The molecule has 0 aromatic heterocycles. The molecule has 0 rings (SSSR count). The molecular weight excluding hydrogens is 200 g/mol. The van der Waals surface area contributed by atoms with Gasteiger partial charge in [0, 0.05) is 6.42 Å². The normalized spacial score (nSPS) is 10.4. The van der Waals surface area contributed by atoms with E-state index in [4.69, 9.17) is 4.74 Å². The number of hydrogen-bond acceptors (Lipinski definition) is 2. The average Bonchev–Trinajstić information content (AvgIpc) is 2.28. The van der Waals surface area contributed by atoms with Crippen molar-refractivity contribution in [1.29, 1.82) is 0 Å². The molecule has 0 saturated heterocycles. The maximum Gasteiger partial charge on any atom is 0.306 e. The Hall–Kier alpha value is -0.530. The second-order valence-electron chi connectivity index (χ2n) is 4.17. The molecule has 94 valence electrons. The van der Waals surface area contributed by atoms with Gasteiger partial charge in [0.15, 0.2) is 0 Å². The molecule has 0 bridgehead atoms. The minimum Gasteiger partial charge on any atom is -0.458 e. The van der Waals surface area contributed by atoms with Crippen LogP contribution in [0.2, 0.25) is 0 Å². The van der Waals surface area contributed by atoms with E-state index in [1.165, 1.54) is 32.1 Å². The van der Waals surface area contributed by atoms with Crippen molar-refractivity contribution in [3.8, 4) is 0 Å². The lowest BCUT2D eigenvalue weighted by Gasteiger charge is -2.03. The minimum atomic E-state index is -0.0954. The van der Waals surface area contributed by atoms with Gasteiger partial charge in [-0.3, -0.25) is 4.79 Å². The van der Waals surface area contributed by atoms with Crippen LogP contribution in [0, 0.1) is 13.5 Å².